The molecule has 182 valence electrons. The minimum absolute atomic E-state index is 0.0311. The number of amides is 2. The summed E-state index contributed by atoms with van der Waals surface area (Å²) in [4.78, 5) is 37.6. The van der Waals surface area contributed by atoms with Crippen LogP contribution in [0.5, 0.6) is 0 Å². The van der Waals surface area contributed by atoms with E-state index in [0.29, 0.717) is 5.56 Å². The number of nitrogens with one attached hydrogen (secondary N) is 2. The highest BCUT2D eigenvalue weighted by atomic mass is 79.9. The summed E-state index contributed by atoms with van der Waals surface area (Å²) < 4.78 is 44.9. The number of thioether (sulfide) groups is 1. The fraction of sp³-hybridized carbons (Fsp3) is 0.217. The van der Waals surface area contributed by atoms with Crippen LogP contribution in [0.15, 0.2) is 63.6 Å². The van der Waals surface area contributed by atoms with E-state index in [1.54, 1.807) is 30.3 Å². The Balaban J connectivity index is 1.87. The zero-order valence-electron chi connectivity index (χ0n) is 18.0. The lowest BCUT2D eigenvalue weighted by atomic mass is 9.78. The van der Waals surface area contributed by atoms with Crippen molar-refractivity contribution >= 4 is 51.2 Å². The molecule has 0 aromatic heterocycles. The van der Waals surface area contributed by atoms with Crippen molar-refractivity contribution in [1.29, 1.82) is 5.26 Å². The molecule has 2 aromatic rings. The quantitative estimate of drug-likeness (QED) is 0.391. The first-order chi connectivity index (χ1) is 16.6. The van der Waals surface area contributed by atoms with Crippen LogP contribution in [0.1, 0.15) is 17.0 Å². The standard InChI is InChI=1S/C23H17BrF3N3O4S/c1-34-22(33)19-18(12-5-3-2-4-6-12)14(10-28)21(30-20(19)32)35-11-17(31)29-16-8-7-13(24)9-15(16)23(25,26)27/h2-9,18-19H,11H2,1H3,(H,29,31)(H,30,32)/t18-,19+/m0/s1. The van der Waals surface area contributed by atoms with Crippen molar-refractivity contribution in [3.63, 3.8) is 0 Å². The molecular formula is C23H17BrF3N3O4S. The maximum atomic E-state index is 13.3. The van der Waals surface area contributed by atoms with E-state index in [0.717, 1.165) is 31.0 Å². The van der Waals surface area contributed by atoms with Crippen molar-refractivity contribution in [1.82, 2.24) is 5.32 Å². The summed E-state index contributed by atoms with van der Waals surface area (Å²) in [5.74, 6) is -5.03. The normalized spacial score (nSPS) is 17.9. The van der Waals surface area contributed by atoms with Gasteiger partial charge in [-0.1, -0.05) is 58.0 Å². The molecule has 0 saturated heterocycles. The summed E-state index contributed by atoms with van der Waals surface area (Å²) in [7, 11) is 1.12. The van der Waals surface area contributed by atoms with Gasteiger partial charge in [-0.25, -0.2) is 0 Å². The molecule has 3 rings (SSSR count). The van der Waals surface area contributed by atoms with Crippen molar-refractivity contribution in [2.75, 3.05) is 18.2 Å². The van der Waals surface area contributed by atoms with Crippen LogP contribution in [0.3, 0.4) is 0 Å². The molecular weight excluding hydrogens is 551 g/mol. The maximum absolute atomic E-state index is 13.3. The lowest BCUT2D eigenvalue weighted by Crippen LogP contribution is -2.44. The van der Waals surface area contributed by atoms with E-state index < -0.39 is 52.8 Å². The number of alkyl halides is 3. The lowest BCUT2D eigenvalue weighted by Gasteiger charge is -2.30. The predicted molar refractivity (Wildman–Crippen MR) is 126 cm³/mol. The second kappa shape index (κ2) is 11.0. The fourth-order valence-electron chi connectivity index (χ4n) is 3.52. The number of nitrogens with zero attached hydrogens (tertiary/aromatic N) is 1. The van der Waals surface area contributed by atoms with E-state index in [1.807, 2.05) is 6.07 Å². The zero-order valence-corrected chi connectivity index (χ0v) is 20.4. The van der Waals surface area contributed by atoms with Crippen molar-refractivity contribution in [2.45, 2.75) is 12.1 Å². The van der Waals surface area contributed by atoms with Crippen LogP contribution in [0.25, 0.3) is 0 Å². The molecule has 0 unspecified atom stereocenters. The Kier molecular flexibility index (Phi) is 8.24. The van der Waals surface area contributed by atoms with Crippen molar-refractivity contribution in [3.05, 3.63) is 74.7 Å². The van der Waals surface area contributed by atoms with Gasteiger partial charge < -0.3 is 15.4 Å². The molecule has 1 aliphatic heterocycles. The summed E-state index contributed by atoms with van der Waals surface area (Å²) in [6.07, 6.45) is -4.70. The number of ether oxygens (including phenoxy) is 1. The topological polar surface area (TPSA) is 108 Å². The van der Waals surface area contributed by atoms with Gasteiger partial charge in [-0.3, -0.25) is 14.4 Å². The molecule has 2 atom stereocenters. The number of rotatable bonds is 6. The second-order valence-electron chi connectivity index (χ2n) is 7.26. The van der Waals surface area contributed by atoms with Gasteiger partial charge >= 0.3 is 12.1 Å². The number of allylic oxidation sites excluding steroid dienone is 1. The SMILES string of the molecule is COC(=O)[C@H]1C(=O)NC(SCC(=O)Nc2ccc(Br)cc2C(F)(F)F)=C(C#N)[C@@H]1c1ccccc1. The monoisotopic (exact) mass is 567 g/mol. The minimum Gasteiger partial charge on any atom is -0.468 e. The maximum Gasteiger partial charge on any atom is 0.418 e. The summed E-state index contributed by atoms with van der Waals surface area (Å²) in [5, 5.41) is 14.6. The molecule has 12 heteroatoms. The molecule has 0 spiro atoms. The molecule has 0 bridgehead atoms. The highest BCUT2D eigenvalue weighted by molar-refractivity contribution is 9.10. The summed E-state index contributed by atoms with van der Waals surface area (Å²) in [6, 6.07) is 13.7. The second-order valence-corrected chi connectivity index (χ2v) is 9.16. The van der Waals surface area contributed by atoms with Crippen molar-refractivity contribution < 1.29 is 32.3 Å². The molecule has 35 heavy (non-hydrogen) atoms. The average molecular weight is 568 g/mol. The third kappa shape index (κ3) is 6.04. The van der Waals surface area contributed by atoms with Gasteiger partial charge in [-0.15, -0.1) is 0 Å². The smallest absolute Gasteiger partial charge is 0.418 e. The Hall–Kier alpha value is -3.30. The third-order valence-electron chi connectivity index (χ3n) is 5.05. The Morgan fingerprint density at radius 2 is 1.91 bits per heavy atom. The highest BCUT2D eigenvalue weighted by Gasteiger charge is 2.44. The number of methoxy groups -OCH3 is 1. The molecule has 0 fully saturated rings. The highest BCUT2D eigenvalue weighted by Crippen LogP contribution is 2.40. The van der Waals surface area contributed by atoms with Gasteiger partial charge in [0.1, 0.15) is 5.92 Å². The third-order valence-corrected chi connectivity index (χ3v) is 6.56. The van der Waals surface area contributed by atoms with Gasteiger partial charge in [0.2, 0.25) is 11.8 Å². The van der Waals surface area contributed by atoms with Gasteiger partial charge in [0, 0.05) is 10.4 Å². The van der Waals surface area contributed by atoms with E-state index in [4.69, 9.17) is 4.74 Å². The molecule has 1 heterocycles. The van der Waals surface area contributed by atoms with Crippen molar-refractivity contribution in [2.24, 2.45) is 5.92 Å². The molecule has 2 N–H and O–H groups in total. The number of esters is 1. The van der Waals surface area contributed by atoms with Gasteiger partial charge in [0.05, 0.1) is 40.8 Å². The molecule has 2 amide bonds. The van der Waals surface area contributed by atoms with Crippen LogP contribution < -0.4 is 10.6 Å². The summed E-state index contributed by atoms with van der Waals surface area (Å²) in [6.45, 7) is 0. The van der Waals surface area contributed by atoms with Crippen LogP contribution in [0.4, 0.5) is 18.9 Å². The number of halogens is 4. The number of nitriles is 1. The number of hydrogen-bond acceptors (Lipinski definition) is 6. The number of carbonyl (C=O) groups excluding carboxylic acids is 3. The predicted octanol–water partition coefficient (Wildman–Crippen LogP) is 4.58. The number of anilines is 1. The fourth-order valence-corrected chi connectivity index (χ4v) is 4.73. The Bertz CT molecular complexity index is 1230. The first-order valence-corrected chi connectivity index (χ1v) is 11.7. The average Bonchev–Trinajstić information content (AvgIpc) is 2.82. The molecule has 0 radical (unpaired) electrons. The Morgan fingerprint density at radius 1 is 1.23 bits per heavy atom. The number of benzene rings is 2. The number of hydrogen-bond donors (Lipinski definition) is 2. The lowest BCUT2D eigenvalue weighted by molar-refractivity contribution is -0.150. The van der Waals surface area contributed by atoms with Crippen LogP contribution in [-0.2, 0) is 25.3 Å². The Morgan fingerprint density at radius 3 is 2.51 bits per heavy atom. The van der Waals surface area contributed by atoms with Crippen LogP contribution in [0.2, 0.25) is 0 Å². The first-order valence-electron chi connectivity index (χ1n) is 9.94. The molecule has 1 aliphatic rings. The summed E-state index contributed by atoms with van der Waals surface area (Å²) in [5.41, 5.74) is -0.912. The summed E-state index contributed by atoms with van der Waals surface area (Å²) >= 11 is 3.74. The number of carbonyl (C=O) groups is 3. The first kappa shape index (κ1) is 26.3. The van der Waals surface area contributed by atoms with E-state index >= 15 is 0 Å². The van der Waals surface area contributed by atoms with Gasteiger partial charge in [0.15, 0.2) is 0 Å². The van der Waals surface area contributed by atoms with E-state index in [2.05, 4.69) is 26.6 Å². The van der Waals surface area contributed by atoms with Crippen LogP contribution >= 0.6 is 27.7 Å². The van der Waals surface area contributed by atoms with E-state index in [-0.39, 0.29) is 15.1 Å². The Labute approximate surface area is 210 Å². The van der Waals surface area contributed by atoms with Gasteiger partial charge in [0.25, 0.3) is 0 Å². The largest absolute Gasteiger partial charge is 0.468 e. The van der Waals surface area contributed by atoms with Crippen LogP contribution in [-0.4, -0.2) is 30.6 Å². The van der Waals surface area contributed by atoms with E-state index in [1.165, 1.54) is 6.07 Å². The molecule has 7 nitrogen and oxygen atoms in total. The zero-order chi connectivity index (χ0) is 25.8. The van der Waals surface area contributed by atoms with E-state index in [9.17, 15) is 32.8 Å². The molecule has 0 aliphatic carbocycles. The molecule has 0 saturated carbocycles. The minimum atomic E-state index is -4.70. The molecule has 2 aromatic carbocycles. The van der Waals surface area contributed by atoms with Gasteiger partial charge in [-0.2, -0.15) is 18.4 Å². The van der Waals surface area contributed by atoms with Crippen LogP contribution in [0, 0.1) is 17.2 Å². The van der Waals surface area contributed by atoms with Crippen molar-refractivity contribution in [3.8, 4) is 6.07 Å². The van der Waals surface area contributed by atoms with Gasteiger partial charge in [-0.05, 0) is 23.8 Å².